The maximum absolute atomic E-state index is 13.7. The van der Waals surface area contributed by atoms with Crippen LogP contribution in [0, 0.1) is 11.6 Å². The van der Waals surface area contributed by atoms with Gasteiger partial charge < -0.3 is 14.4 Å². The van der Waals surface area contributed by atoms with Crippen LogP contribution in [-0.2, 0) is 0 Å². The Kier molecular flexibility index (Phi) is 3.63. The van der Waals surface area contributed by atoms with Crippen molar-refractivity contribution in [1.29, 1.82) is 0 Å². The third-order valence-corrected chi connectivity index (χ3v) is 2.98. The molecule has 0 saturated carbocycles. The zero-order chi connectivity index (χ0) is 15.9. The summed E-state index contributed by atoms with van der Waals surface area (Å²) >= 11 is 0. The van der Waals surface area contributed by atoms with Crippen molar-refractivity contribution in [3.63, 3.8) is 0 Å². The molecule has 0 saturated heterocycles. The number of hydrogen-bond donors (Lipinski definition) is 1. The lowest BCUT2D eigenvalue weighted by molar-refractivity contribution is 0.0694. The fourth-order valence-corrected chi connectivity index (χ4v) is 2.05. The Morgan fingerprint density at radius 3 is 2.52 bits per heavy atom. The van der Waals surface area contributed by atoms with Crippen molar-refractivity contribution in [3.8, 4) is 5.75 Å². The molecule has 0 aliphatic rings. The molecule has 1 aromatic carbocycles. The van der Waals surface area contributed by atoms with E-state index in [9.17, 15) is 22.8 Å². The second-order valence-corrected chi connectivity index (χ2v) is 4.26. The Morgan fingerprint density at radius 2 is 2.05 bits per heavy atom. The Bertz CT molecular complexity index is 798. The lowest BCUT2D eigenvalue weighted by Crippen LogP contribution is -2.20. The lowest BCUT2D eigenvalue weighted by atomic mass is 10.1. The second kappa shape index (κ2) is 5.12. The molecule has 0 amide bonds. The Morgan fingerprint density at radius 1 is 1.43 bits per heavy atom. The zero-order valence-corrected chi connectivity index (χ0v) is 11.0. The number of aromatic nitrogens is 1. The molecule has 1 N–H and O–H groups in total. The number of rotatable bonds is 3. The van der Waals surface area contributed by atoms with Crippen molar-refractivity contribution in [2.75, 3.05) is 7.11 Å². The van der Waals surface area contributed by atoms with Crippen molar-refractivity contribution < 1.29 is 27.8 Å². The van der Waals surface area contributed by atoms with Gasteiger partial charge in [-0.15, -0.1) is 0 Å². The van der Waals surface area contributed by atoms with E-state index in [-0.39, 0.29) is 5.52 Å². The van der Waals surface area contributed by atoms with Gasteiger partial charge in [0.15, 0.2) is 17.9 Å². The smallest absolute Gasteiger partial charge is 0.341 e. The number of nitrogens with zero attached hydrogens (tertiary/aromatic N) is 1. The van der Waals surface area contributed by atoms with E-state index in [2.05, 4.69) is 0 Å². The zero-order valence-electron chi connectivity index (χ0n) is 11.0. The molecular weight excluding hydrogens is 291 g/mol. The molecule has 112 valence electrons. The molecule has 21 heavy (non-hydrogen) atoms. The van der Waals surface area contributed by atoms with Crippen molar-refractivity contribution in [2.24, 2.45) is 0 Å². The molecule has 0 aliphatic heterocycles. The van der Waals surface area contributed by atoms with Gasteiger partial charge in [-0.1, -0.05) is 0 Å². The van der Waals surface area contributed by atoms with Crippen LogP contribution in [0.2, 0.25) is 0 Å². The first-order chi connectivity index (χ1) is 9.79. The Balaban J connectivity index is 3.12. The van der Waals surface area contributed by atoms with Gasteiger partial charge in [-0.25, -0.2) is 13.6 Å². The predicted molar refractivity (Wildman–Crippen MR) is 67.5 cm³/mol. The number of methoxy groups -OCH3 is 1. The number of carbonyl (C=O) groups is 1. The van der Waals surface area contributed by atoms with Gasteiger partial charge >= 0.3 is 5.97 Å². The van der Waals surface area contributed by atoms with Crippen molar-refractivity contribution in [3.05, 3.63) is 39.7 Å². The summed E-state index contributed by atoms with van der Waals surface area (Å²) in [6.07, 6.45) is -1.05. The van der Waals surface area contributed by atoms with Gasteiger partial charge in [-0.05, 0) is 13.0 Å². The summed E-state index contributed by atoms with van der Waals surface area (Å²) in [4.78, 5) is 23.0. The van der Waals surface area contributed by atoms with Gasteiger partial charge in [-0.2, -0.15) is 4.39 Å². The molecule has 1 atom stereocenters. The van der Waals surface area contributed by atoms with Crippen LogP contribution in [0.1, 0.15) is 23.6 Å². The first-order valence-electron chi connectivity index (χ1n) is 5.77. The Labute approximate surface area is 116 Å². The fraction of sp³-hybridized carbons (Fsp3) is 0.231. The van der Waals surface area contributed by atoms with E-state index in [4.69, 9.17) is 9.84 Å². The molecule has 1 unspecified atom stereocenters. The van der Waals surface area contributed by atoms with E-state index >= 15 is 0 Å². The van der Waals surface area contributed by atoms with E-state index in [0.717, 1.165) is 20.2 Å². The summed E-state index contributed by atoms with van der Waals surface area (Å²) in [6, 6.07) is 0.529. The van der Waals surface area contributed by atoms with Gasteiger partial charge in [0.1, 0.15) is 11.1 Å². The number of benzene rings is 1. The molecule has 1 aromatic heterocycles. The van der Waals surface area contributed by atoms with Gasteiger partial charge in [-0.3, -0.25) is 4.79 Å². The molecule has 0 radical (unpaired) electrons. The SMILES string of the molecule is COc1c(F)c(F)cc2c(=O)c(C(=O)O)cn(C(C)F)c12. The van der Waals surface area contributed by atoms with Crippen LogP contribution in [0.15, 0.2) is 17.1 Å². The molecule has 5 nitrogen and oxygen atoms in total. The van der Waals surface area contributed by atoms with Crippen molar-refractivity contribution >= 4 is 16.9 Å². The highest BCUT2D eigenvalue weighted by Gasteiger charge is 2.24. The number of halogens is 3. The molecule has 0 bridgehead atoms. The summed E-state index contributed by atoms with van der Waals surface area (Å²) in [6.45, 7) is 1.05. The number of hydrogen-bond acceptors (Lipinski definition) is 3. The number of aromatic carboxylic acids is 1. The summed E-state index contributed by atoms with van der Waals surface area (Å²) in [7, 11) is 1.03. The molecule has 0 spiro atoms. The largest absolute Gasteiger partial charge is 0.491 e. The van der Waals surface area contributed by atoms with E-state index in [0.29, 0.717) is 10.6 Å². The molecular formula is C13H10F3NO4. The van der Waals surface area contributed by atoms with Crippen LogP contribution in [-0.4, -0.2) is 22.8 Å². The summed E-state index contributed by atoms with van der Waals surface area (Å²) in [5.41, 5.74) is -2.15. The van der Waals surface area contributed by atoms with E-state index in [1.165, 1.54) is 0 Å². The first-order valence-corrected chi connectivity index (χ1v) is 5.77. The Hall–Kier alpha value is -2.51. The van der Waals surface area contributed by atoms with Gasteiger partial charge in [0.2, 0.25) is 11.2 Å². The number of ether oxygens (including phenoxy) is 1. The number of carboxylic acid groups (broad SMARTS) is 1. The molecule has 2 aromatic rings. The normalized spacial score (nSPS) is 12.4. The third-order valence-electron chi connectivity index (χ3n) is 2.98. The molecule has 8 heteroatoms. The van der Waals surface area contributed by atoms with Gasteiger partial charge in [0, 0.05) is 6.20 Å². The third kappa shape index (κ3) is 2.22. The van der Waals surface area contributed by atoms with E-state index < -0.39 is 46.0 Å². The topological polar surface area (TPSA) is 68.5 Å². The summed E-state index contributed by atoms with van der Waals surface area (Å²) in [5.74, 6) is -5.04. The van der Waals surface area contributed by atoms with Crippen LogP contribution in [0.4, 0.5) is 13.2 Å². The van der Waals surface area contributed by atoms with Crippen molar-refractivity contribution in [2.45, 2.75) is 13.2 Å². The molecule has 0 aliphatic carbocycles. The number of alkyl halides is 1. The quantitative estimate of drug-likeness (QED) is 0.945. The number of fused-ring (bicyclic) bond motifs is 1. The highest BCUT2D eigenvalue weighted by Crippen LogP contribution is 2.31. The molecule has 0 fully saturated rings. The first kappa shape index (κ1) is 14.9. The van der Waals surface area contributed by atoms with Crippen LogP contribution >= 0.6 is 0 Å². The van der Waals surface area contributed by atoms with Crippen LogP contribution < -0.4 is 10.2 Å². The lowest BCUT2D eigenvalue weighted by Gasteiger charge is -2.16. The molecule has 1 heterocycles. The second-order valence-electron chi connectivity index (χ2n) is 4.26. The maximum Gasteiger partial charge on any atom is 0.341 e. The van der Waals surface area contributed by atoms with Gasteiger partial charge in [0.05, 0.1) is 12.5 Å². The average molecular weight is 301 g/mol. The van der Waals surface area contributed by atoms with Crippen LogP contribution in [0.3, 0.4) is 0 Å². The summed E-state index contributed by atoms with van der Waals surface area (Å²) < 4.78 is 46.3. The van der Waals surface area contributed by atoms with Gasteiger partial charge in [0.25, 0.3) is 0 Å². The minimum atomic E-state index is -1.79. The highest BCUT2D eigenvalue weighted by molar-refractivity contribution is 5.94. The summed E-state index contributed by atoms with van der Waals surface area (Å²) in [5, 5.41) is 8.47. The minimum absolute atomic E-state index is 0.346. The average Bonchev–Trinajstić information content (AvgIpc) is 2.41. The van der Waals surface area contributed by atoms with E-state index in [1.54, 1.807) is 0 Å². The van der Waals surface area contributed by atoms with Crippen molar-refractivity contribution in [1.82, 2.24) is 4.57 Å². The number of carboxylic acids is 1. The molecule has 2 rings (SSSR count). The standard InChI is InChI=1S/C13H10F3NO4/c1-5(14)17-4-7(13(19)20)11(18)6-3-8(15)9(16)12(21-2)10(6)17/h3-5H,1-2H3,(H,19,20). The predicted octanol–water partition coefficient (Wildman–Crippen LogP) is 2.47. The van der Waals surface area contributed by atoms with Crippen LogP contribution in [0.25, 0.3) is 10.9 Å². The number of pyridine rings is 1. The monoisotopic (exact) mass is 301 g/mol. The van der Waals surface area contributed by atoms with Crippen LogP contribution in [0.5, 0.6) is 5.75 Å². The fourth-order valence-electron chi connectivity index (χ4n) is 2.05. The maximum atomic E-state index is 13.7. The van der Waals surface area contributed by atoms with E-state index in [1.807, 2.05) is 0 Å². The highest BCUT2D eigenvalue weighted by atomic mass is 19.2. The minimum Gasteiger partial charge on any atom is -0.491 e.